The molecule has 0 fully saturated rings. The minimum atomic E-state index is -4.55. The van der Waals surface area contributed by atoms with Crippen molar-refractivity contribution < 1.29 is 27.4 Å². The lowest BCUT2D eigenvalue weighted by Gasteiger charge is -2.19. The molecule has 2 aromatic rings. The topological polar surface area (TPSA) is 60.5 Å². The highest BCUT2D eigenvalue weighted by atomic mass is 19.4. The standard InChI is InChI=1S/C18H19F3N2O3/c1-10-13(6-8-16(22-10)18(19,20)21)17(24)23-11(2)14-9-12(25-3)5-7-15(14)26-4/h5-9,11H,1-4H3,(H,23,24). The quantitative estimate of drug-likeness (QED) is 0.869. The summed E-state index contributed by atoms with van der Waals surface area (Å²) >= 11 is 0. The Morgan fingerprint density at radius 3 is 2.38 bits per heavy atom. The van der Waals surface area contributed by atoms with Gasteiger partial charge in [-0.3, -0.25) is 4.79 Å². The molecule has 1 atom stereocenters. The van der Waals surface area contributed by atoms with Crippen molar-refractivity contribution in [2.75, 3.05) is 14.2 Å². The second-order valence-electron chi connectivity index (χ2n) is 5.63. The van der Waals surface area contributed by atoms with E-state index in [9.17, 15) is 18.0 Å². The maximum Gasteiger partial charge on any atom is 0.433 e. The molecule has 1 heterocycles. The summed E-state index contributed by atoms with van der Waals surface area (Å²) in [5.74, 6) is 0.622. The van der Waals surface area contributed by atoms with Gasteiger partial charge >= 0.3 is 6.18 Å². The molecule has 0 saturated carbocycles. The van der Waals surface area contributed by atoms with Gasteiger partial charge in [0.05, 0.1) is 31.5 Å². The Morgan fingerprint density at radius 2 is 1.85 bits per heavy atom. The number of rotatable bonds is 5. The van der Waals surface area contributed by atoms with Crippen molar-refractivity contribution in [3.05, 3.63) is 52.8 Å². The summed E-state index contributed by atoms with van der Waals surface area (Å²) in [6, 6.07) is 6.60. The summed E-state index contributed by atoms with van der Waals surface area (Å²) in [6.45, 7) is 3.10. The van der Waals surface area contributed by atoms with Crippen LogP contribution in [0.2, 0.25) is 0 Å². The van der Waals surface area contributed by atoms with Gasteiger partial charge in [0.15, 0.2) is 0 Å². The predicted molar refractivity (Wildman–Crippen MR) is 89.4 cm³/mol. The molecular formula is C18H19F3N2O3. The van der Waals surface area contributed by atoms with Crippen LogP contribution in [0, 0.1) is 6.92 Å². The third-order valence-electron chi connectivity index (χ3n) is 3.87. The second kappa shape index (κ2) is 7.63. The minimum Gasteiger partial charge on any atom is -0.497 e. The number of amides is 1. The van der Waals surface area contributed by atoms with Crippen LogP contribution in [0.4, 0.5) is 13.2 Å². The first-order valence-corrected chi connectivity index (χ1v) is 7.75. The van der Waals surface area contributed by atoms with Crippen LogP contribution >= 0.6 is 0 Å². The normalized spacial score (nSPS) is 12.4. The highest BCUT2D eigenvalue weighted by molar-refractivity contribution is 5.95. The number of alkyl halides is 3. The number of methoxy groups -OCH3 is 2. The molecule has 0 radical (unpaired) electrons. The number of pyridine rings is 1. The molecule has 26 heavy (non-hydrogen) atoms. The number of carbonyl (C=O) groups is 1. The van der Waals surface area contributed by atoms with Crippen molar-refractivity contribution in [2.24, 2.45) is 0 Å². The molecule has 0 aliphatic carbocycles. The predicted octanol–water partition coefficient (Wildman–Crippen LogP) is 3.92. The van der Waals surface area contributed by atoms with Crippen LogP contribution in [-0.2, 0) is 6.18 Å². The van der Waals surface area contributed by atoms with Gasteiger partial charge in [-0.25, -0.2) is 4.98 Å². The summed E-state index contributed by atoms with van der Waals surface area (Å²) in [6.07, 6.45) is -4.55. The fourth-order valence-corrected chi connectivity index (χ4v) is 2.49. The zero-order chi connectivity index (χ0) is 19.5. The number of halogens is 3. The Bertz CT molecular complexity index is 807. The van der Waals surface area contributed by atoms with Gasteiger partial charge in [-0.15, -0.1) is 0 Å². The van der Waals surface area contributed by atoms with Crippen LogP contribution < -0.4 is 14.8 Å². The van der Waals surface area contributed by atoms with Crippen molar-refractivity contribution in [2.45, 2.75) is 26.1 Å². The molecule has 1 unspecified atom stereocenters. The van der Waals surface area contributed by atoms with Gasteiger partial charge in [0.2, 0.25) is 0 Å². The third kappa shape index (κ3) is 4.25. The highest BCUT2D eigenvalue weighted by Crippen LogP contribution is 2.30. The van der Waals surface area contributed by atoms with E-state index in [4.69, 9.17) is 9.47 Å². The molecule has 1 amide bonds. The van der Waals surface area contributed by atoms with Crippen LogP contribution in [-0.4, -0.2) is 25.1 Å². The fraction of sp³-hybridized carbons (Fsp3) is 0.333. The number of aromatic nitrogens is 1. The van der Waals surface area contributed by atoms with E-state index in [1.807, 2.05) is 0 Å². The molecule has 1 aromatic carbocycles. The summed E-state index contributed by atoms with van der Waals surface area (Å²) in [5, 5.41) is 2.74. The van der Waals surface area contributed by atoms with Gasteiger partial charge in [-0.1, -0.05) is 0 Å². The molecule has 0 spiro atoms. The maximum atomic E-state index is 12.7. The molecule has 0 saturated heterocycles. The number of carbonyl (C=O) groups excluding carboxylic acids is 1. The van der Waals surface area contributed by atoms with Crippen LogP contribution in [0.1, 0.15) is 40.3 Å². The number of aryl methyl sites for hydroxylation is 1. The second-order valence-corrected chi connectivity index (χ2v) is 5.63. The zero-order valence-electron chi connectivity index (χ0n) is 14.8. The first-order chi connectivity index (χ1) is 12.2. The molecule has 8 heteroatoms. The Balaban J connectivity index is 2.25. The molecule has 0 aliphatic rings. The van der Waals surface area contributed by atoms with E-state index in [0.717, 1.165) is 12.1 Å². The Kier molecular flexibility index (Phi) is 5.74. The number of benzene rings is 1. The van der Waals surface area contributed by atoms with Crippen LogP contribution in [0.25, 0.3) is 0 Å². The van der Waals surface area contributed by atoms with E-state index in [0.29, 0.717) is 17.1 Å². The summed E-state index contributed by atoms with van der Waals surface area (Å²) in [4.78, 5) is 15.9. The molecular weight excluding hydrogens is 349 g/mol. The Hall–Kier alpha value is -2.77. The molecule has 5 nitrogen and oxygen atoms in total. The average Bonchev–Trinajstić information content (AvgIpc) is 2.59. The van der Waals surface area contributed by atoms with Gasteiger partial charge < -0.3 is 14.8 Å². The van der Waals surface area contributed by atoms with E-state index in [1.165, 1.54) is 21.1 Å². The van der Waals surface area contributed by atoms with Crippen LogP contribution in [0.15, 0.2) is 30.3 Å². The number of nitrogens with one attached hydrogen (secondary N) is 1. The molecule has 140 valence electrons. The van der Waals surface area contributed by atoms with Crippen molar-refractivity contribution in [3.8, 4) is 11.5 Å². The Morgan fingerprint density at radius 1 is 1.15 bits per heavy atom. The Labute approximate surface area is 149 Å². The lowest BCUT2D eigenvalue weighted by atomic mass is 10.1. The molecule has 0 bridgehead atoms. The van der Waals surface area contributed by atoms with E-state index in [1.54, 1.807) is 25.1 Å². The molecule has 2 rings (SSSR count). The van der Waals surface area contributed by atoms with Crippen molar-refractivity contribution >= 4 is 5.91 Å². The molecule has 1 aromatic heterocycles. The SMILES string of the molecule is COc1ccc(OC)c(C(C)NC(=O)c2ccc(C(F)(F)F)nc2C)c1. The third-order valence-corrected chi connectivity index (χ3v) is 3.87. The monoisotopic (exact) mass is 368 g/mol. The van der Waals surface area contributed by atoms with Crippen molar-refractivity contribution in [1.29, 1.82) is 0 Å². The lowest BCUT2D eigenvalue weighted by molar-refractivity contribution is -0.141. The van der Waals surface area contributed by atoms with Gasteiger partial charge in [-0.05, 0) is 44.2 Å². The summed E-state index contributed by atoms with van der Waals surface area (Å²) in [5.41, 5.74) is -0.277. The smallest absolute Gasteiger partial charge is 0.433 e. The van der Waals surface area contributed by atoms with Crippen LogP contribution in [0.3, 0.4) is 0 Å². The lowest BCUT2D eigenvalue weighted by Crippen LogP contribution is -2.28. The van der Waals surface area contributed by atoms with Gasteiger partial charge in [0.25, 0.3) is 5.91 Å². The average molecular weight is 368 g/mol. The van der Waals surface area contributed by atoms with Crippen molar-refractivity contribution in [3.63, 3.8) is 0 Å². The number of hydrogen-bond donors (Lipinski definition) is 1. The largest absolute Gasteiger partial charge is 0.497 e. The number of nitrogens with zero attached hydrogens (tertiary/aromatic N) is 1. The number of ether oxygens (including phenoxy) is 2. The highest BCUT2D eigenvalue weighted by Gasteiger charge is 2.33. The summed E-state index contributed by atoms with van der Waals surface area (Å²) in [7, 11) is 3.02. The first-order valence-electron chi connectivity index (χ1n) is 7.75. The van der Waals surface area contributed by atoms with Crippen molar-refractivity contribution in [1.82, 2.24) is 10.3 Å². The van der Waals surface area contributed by atoms with E-state index in [-0.39, 0.29) is 11.3 Å². The first kappa shape index (κ1) is 19.6. The fourth-order valence-electron chi connectivity index (χ4n) is 2.49. The summed E-state index contributed by atoms with van der Waals surface area (Å²) < 4.78 is 48.6. The van der Waals surface area contributed by atoms with Gasteiger partial charge in [-0.2, -0.15) is 13.2 Å². The van der Waals surface area contributed by atoms with E-state index >= 15 is 0 Å². The van der Waals surface area contributed by atoms with Gasteiger partial charge in [0, 0.05) is 5.56 Å². The number of hydrogen-bond acceptors (Lipinski definition) is 4. The van der Waals surface area contributed by atoms with E-state index < -0.39 is 23.8 Å². The van der Waals surface area contributed by atoms with Gasteiger partial charge in [0.1, 0.15) is 17.2 Å². The molecule has 1 N–H and O–H groups in total. The zero-order valence-corrected chi connectivity index (χ0v) is 14.8. The molecule has 0 aliphatic heterocycles. The minimum absolute atomic E-state index is 0.00197. The van der Waals surface area contributed by atoms with E-state index in [2.05, 4.69) is 10.3 Å². The maximum absolute atomic E-state index is 12.7. The van der Waals surface area contributed by atoms with Crippen LogP contribution in [0.5, 0.6) is 11.5 Å².